The topological polar surface area (TPSA) is 60.5 Å². The van der Waals surface area contributed by atoms with Crippen LogP contribution in [0.5, 0.6) is 11.5 Å². The van der Waals surface area contributed by atoms with Crippen molar-refractivity contribution in [1.29, 1.82) is 0 Å². The van der Waals surface area contributed by atoms with Crippen LogP contribution in [0.15, 0.2) is 47.8 Å². The van der Waals surface area contributed by atoms with Gasteiger partial charge in [0.15, 0.2) is 11.5 Å². The van der Waals surface area contributed by atoms with Gasteiger partial charge in [0.25, 0.3) is 0 Å². The van der Waals surface area contributed by atoms with E-state index in [2.05, 4.69) is 10.3 Å². The number of anilines is 1. The molecule has 1 aliphatic rings. The second-order valence-corrected chi connectivity index (χ2v) is 7.33. The third kappa shape index (κ3) is 4.23. The highest BCUT2D eigenvalue weighted by atomic mass is 35.5. The molecule has 2 heterocycles. The van der Waals surface area contributed by atoms with Crippen LogP contribution >= 0.6 is 22.9 Å². The highest BCUT2D eigenvalue weighted by molar-refractivity contribution is 7.13. The molecule has 1 aromatic heterocycles. The van der Waals surface area contributed by atoms with Crippen LogP contribution in [-0.2, 0) is 11.2 Å². The fourth-order valence-electron chi connectivity index (χ4n) is 2.76. The number of ether oxygens (including phenoxy) is 2. The van der Waals surface area contributed by atoms with E-state index in [4.69, 9.17) is 21.1 Å². The molecular weight excluding hydrogens is 384 g/mol. The number of fused-ring (bicyclic) bond motifs is 1. The van der Waals surface area contributed by atoms with Gasteiger partial charge in [0, 0.05) is 29.1 Å². The molecule has 27 heavy (non-hydrogen) atoms. The molecule has 0 atom stereocenters. The van der Waals surface area contributed by atoms with Crippen LogP contribution < -0.4 is 14.8 Å². The van der Waals surface area contributed by atoms with Crippen LogP contribution in [0.1, 0.15) is 12.1 Å². The average molecular weight is 401 g/mol. The number of carbonyl (C=O) groups is 1. The molecule has 138 valence electrons. The van der Waals surface area contributed by atoms with Gasteiger partial charge in [0.05, 0.1) is 30.4 Å². The van der Waals surface area contributed by atoms with Gasteiger partial charge in [-0.15, -0.1) is 11.3 Å². The second kappa shape index (κ2) is 7.98. The summed E-state index contributed by atoms with van der Waals surface area (Å²) in [5.41, 5.74) is 2.26. The number of carbonyl (C=O) groups excluding carboxylic acids is 1. The van der Waals surface area contributed by atoms with Crippen LogP contribution in [0, 0.1) is 0 Å². The summed E-state index contributed by atoms with van der Waals surface area (Å²) < 4.78 is 11.3. The van der Waals surface area contributed by atoms with Crippen molar-refractivity contribution >= 4 is 34.5 Å². The minimum absolute atomic E-state index is 0.138. The molecule has 7 heteroatoms. The SMILES string of the molecule is O=C(Cc1csc(-c2ccccc2Cl)n1)Nc1ccc2c(c1)OCCCO2. The lowest BCUT2D eigenvalue weighted by molar-refractivity contribution is -0.115. The highest BCUT2D eigenvalue weighted by Crippen LogP contribution is 2.33. The zero-order chi connectivity index (χ0) is 18.6. The molecule has 4 rings (SSSR count). The number of nitrogens with one attached hydrogen (secondary N) is 1. The quantitative estimate of drug-likeness (QED) is 0.683. The van der Waals surface area contributed by atoms with Crippen molar-refractivity contribution in [2.45, 2.75) is 12.8 Å². The van der Waals surface area contributed by atoms with Crippen LogP contribution in [0.2, 0.25) is 5.02 Å². The van der Waals surface area contributed by atoms with E-state index >= 15 is 0 Å². The number of aromatic nitrogens is 1. The highest BCUT2D eigenvalue weighted by Gasteiger charge is 2.14. The van der Waals surface area contributed by atoms with E-state index in [0.29, 0.717) is 41.1 Å². The van der Waals surface area contributed by atoms with Crippen molar-refractivity contribution in [1.82, 2.24) is 4.98 Å². The first-order valence-corrected chi connectivity index (χ1v) is 9.83. The normalized spacial score (nSPS) is 13.1. The molecule has 0 bridgehead atoms. The standard InChI is InChI=1S/C20H17ClN2O3S/c21-16-5-2-1-4-15(16)20-23-14(12-27-20)11-19(24)22-13-6-7-17-18(10-13)26-9-3-8-25-17/h1-2,4-7,10,12H,3,8-9,11H2,(H,22,24). The van der Waals surface area contributed by atoms with Crippen molar-refractivity contribution in [3.63, 3.8) is 0 Å². The third-order valence-electron chi connectivity index (χ3n) is 4.03. The maximum atomic E-state index is 12.4. The molecule has 0 radical (unpaired) electrons. The van der Waals surface area contributed by atoms with E-state index in [1.165, 1.54) is 11.3 Å². The van der Waals surface area contributed by atoms with Crippen molar-refractivity contribution < 1.29 is 14.3 Å². The molecule has 0 aliphatic carbocycles. The molecule has 1 aliphatic heterocycles. The maximum absolute atomic E-state index is 12.4. The van der Waals surface area contributed by atoms with Gasteiger partial charge >= 0.3 is 0 Å². The molecule has 0 spiro atoms. The monoisotopic (exact) mass is 400 g/mol. The largest absolute Gasteiger partial charge is 0.490 e. The number of benzene rings is 2. The number of thiazole rings is 1. The number of hydrogen-bond donors (Lipinski definition) is 1. The lowest BCUT2D eigenvalue weighted by atomic mass is 10.2. The first kappa shape index (κ1) is 17.8. The lowest BCUT2D eigenvalue weighted by Crippen LogP contribution is -2.14. The van der Waals surface area contributed by atoms with E-state index in [1.54, 1.807) is 6.07 Å². The Balaban J connectivity index is 1.43. The average Bonchev–Trinajstić information content (AvgIpc) is 2.98. The summed E-state index contributed by atoms with van der Waals surface area (Å²) in [6, 6.07) is 12.9. The summed E-state index contributed by atoms with van der Waals surface area (Å²) in [5, 5.41) is 6.22. The Morgan fingerprint density at radius 3 is 2.81 bits per heavy atom. The van der Waals surface area contributed by atoms with Crippen LogP contribution in [0.4, 0.5) is 5.69 Å². The summed E-state index contributed by atoms with van der Waals surface area (Å²) in [5.74, 6) is 1.22. The lowest BCUT2D eigenvalue weighted by Gasteiger charge is -2.10. The van der Waals surface area contributed by atoms with Crippen molar-refractivity contribution in [2.24, 2.45) is 0 Å². The Kier molecular flexibility index (Phi) is 5.27. The van der Waals surface area contributed by atoms with Crippen LogP contribution in [0.3, 0.4) is 0 Å². The number of rotatable bonds is 4. The van der Waals surface area contributed by atoms with E-state index in [9.17, 15) is 4.79 Å². The molecule has 3 aromatic rings. The summed E-state index contributed by atoms with van der Waals surface area (Å²) in [6.45, 7) is 1.24. The van der Waals surface area contributed by atoms with Gasteiger partial charge in [-0.2, -0.15) is 0 Å². The predicted molar refractivity (Wildman–Crippen MR) is 107 cm³/mol. The zero-order valence-corrected chi connectivity index (χ0v) is 16.0. The predicted octanol–water partition coefficient (Wildman–Crippen LogP) is 4.81. The molecule has 0 fully saturated rings. The number of amides is 1. The van der Waals surface area contributed by atoms with Gasteiger partial charge in [0.2, 0.25) is 5.91 Å². The fraction of sp³-hybridized carbons (Fsp3) is 0.200. The Morgan fingerprint density at radius 1 is 1.15 bits per heavy atom. The molecule has 0 saturated heterocycles. The van der Waals surface area contributed by atoms with Crippen molar-refractivity contribution in [3.05, 3.63) is 58.6 Å². The van der Waals surface area contributed by atoms with Crippen LogP contribution in [0.25, 0.3) is 10.6 Å². The van der Waals surface area contributed by atoms with Gasteiger partial charge in [0.1, 0.15) is 5.01 Å². The van der Waals surface area contributed by atoms with E-state index in [0.717, 1.165) is 17.0 Å². The summed E-state index contributed by atoms with van der Waals surface area (Å²) in [4.78, 5) is 16.9. The zero-order valence-electron chi connectivity index (χ0n) is 14.4. The molecule has 0 saturated carbocycles. The van der Waals surface area contributed by atoms with E-state index in [1.807, 2.05) is 41.8 Å². The van der Waals surface area contributed by atoms with Crippen LogP contribution in [-0.4, -0.2) is 24.1 Å². The molecule has 5 nitrogen and oxygen atoms in total. The van der Waals surface area contributed by atoms with E-state index < -0.39 is 0 Å². The summed E-state index contributed by atoms with van der Waals surface area (Å²) >= 11 is 7.69. The first-order valence-electron chi connectivity index (χ1n) is 8.58. The first-order chi connectivity index (χ1) is 13.2. The molecule has 1 N–H and O–H groups in total. The molecule has 0 unspecified atom stereocenters. The number of halogens is 1. The second-order valence-electron chi connectivity index (χ2n) is 6.06. The molecule has 1 amide bonds. The van der Waals surface area contributed by atoms with Gasteiger partial charge in [-0.25, -0.2) is 4.98 Å². The smallest absolute Gasteiger partial charge is 0.230 e. The van der Waals surface area contributed by atoms with Crippen molar-refractivity contribution in [2.75, 3.05) is 18.5 Å². The van der Waals surface area contributed by atoms with Gasteiger partial charge in [-0.05, 0) is 18.2 Å². The Hall–Kier alpha value is -2.57. The Labute approximate surface area is 165 Å². The van der Waals surface area contributed by atoms with Crippen molar-refractivity contribution in [3.8, 4) is 22.1 Å². The number of hydrogen-bond acceptors (Lipinski definition) is 5. The van der Waals surface area contributed by atoms with Gasteiger partial charge in [-0.1, -0.05) is 29.8 Å². The minimum atomic E-state index is -0.138. The van der Waals surface area contributed by atoms with Gasteiger partial charge < -0.3 is 14.8 Å². The Bertz CT molecular complexity index is 973. The van der Waals surface area contributed by atoms with Gasteiger partial charge in [-0.3, -0.25) is 4.79 Å². The minimum Gasteiger partial charge on any atom is -0.490 e. The Morgan fingerprint density at radius 2 is 1.96 bits per heavy atom. The third-order valence-corrected chi connectivity index (χ3v) is 5.28. The summed E-state index contributed by atoms with van der Waals surface area (Å²) in [7, 11) is 0. The maximum Gasteiger partial charge on any atom is 0.230 e. The fourth-order valence-corrected chi connectivity index (χ4v) is 3.90. The molecular formula is C20H17ClN2O3S. The summed E-state index contributed by atoms with van der Waals surface area (Å²) in [6.07, 6.45) is 1.03. The molecule has 2 aromatic carbocycles. The number of nitrogens with zero attached hydrogens (tertiary/aromatic N) is 1. The van der Waals surface area contributed by atoms with E-state index in [-0.39, 0.29) is 12.3 Å².